The molecule has 1 saturated heterocycles. The van der Waals surface area contributed by atoms with E-state index in [9.17, 15) is 18.0 Å². The molecule has 2 aromatic carbocycles. The zero-order chi connectivity index (χ0) is 22.2. The summed E-state index contributed by atoms with van der Waals surface area (Å²) >= 11 is 12.1. The molecule has 0 spiro atoms. The number of nitrogens with zero attached hydrogens (tertiary/aromatic N) is 2. The van der Waals surface area contributed by atoms with Crippen LogP contribution in [0.3, 0.4) is 0 Å². The molecule has 1 fully saturated rings. The Labute approximate surface area is 187 Å². The number of benzene rings is 2. The van der Waals surface area contributed by atoms with Crippen LogP contribution >= 0.6 is 23.2 Å². The van der Waals surface area contributed by atoms with Crippen LogP contribution in [-0.2, 0) is 6.18 Å². The molecule has 1 aliphatic rings. The molecule has 0 atom stereocenters. The molecule has 0 bridgehead atoms. The smallest absolute Gasteiger partial charge is 0.356 e. The second-order valence-corrected chi connectivity index (χ2v) is 8.19. The highest BCUT2D eigenvalue weighted by Gasteiger charge is 2.31. The Morgan fingerprint density at radius 2 is 1.84 bits per heavy atom. The first kappa shape index (κ1) is 21.7. The van der Waals surface area contributed by atoms with Gasteiger partial charge in [-0.25, -0.2) is 4.98 Å². The lowest BCUT2D eigenvalue weighted by Crippen LogP contribution is -2.45. The van der Waals surface area contributed by atoms with E-state index in [-0.39, 0.29) is 17.0 Å². The normalized spacial score (nSPS) is 15.3. The SMILES string of the molecule is O=C(NC1CCN(c2nccc3ccc(C(F)(F)F)cc23)CC1)c1cccc(Cl)c1Cl. The quantitative estimate of drug-likeness (QED) is 0.516. The molecule has 0 saturated carbocycles. The number of piperidine rings is 1. The first-order valence-corrected chi connectivity index (χ1v) is 10.5. The third-order valence-corrected chi connectivity index (χ3v) is 6.22. The summed E-state index contributed by atoms with van der Waals surface area (Å²) in [4.78, 5) is 18.9. The Hall–Kier alpha value is -2.51. The van der Waals surface area contributed by atoms with E-state index in [1.807, 2.05) is 4.90 Å². The van der Waals surface area contributed by atoms with Gasteiger partial charge in [-0.15, -0.1) is 0 Å². The highest BCUT2D eigenvalue weighted by Crippen LogP contribution is 2.34. The van der Waals surface area contributed by atoms with Crippen molar-refractivity contribution in [2.45, 2.75) is 25.1 Å². The molecule has 9 heteroatoms. The van der Waals surface area contributed by atoms with Crippen molar-refractivity contribution in [1.29, 1.82) is 0 Å². The summed E-state index contributed by atoms with van der Waals surface area (Å²) in [6, 6.07) is 10.2. The zero-order valence-corrected chi connectivity index (χ0v) is 17.7. The fourth-order valence-corrected chi connectivity index (χ4v) is 4.15. The molecule has 0 radical (unpaired) electrons. The molecule has 3 aromatic rings. The summed E-state index contributed by atoms with van der Waals surface area (Å²) < 4.78 is 39.5. The number of anilines is 1. The summed E-state index contributed by atoms with van der Waals surface area (Å²) in [7, 11) is 0. The lowest BCUT2D eigenvalue weighted by Gasteiger charge is -2.34. The average Bonchev–Trinajstić information content (AvgIpc) is 2.75. The van der Waals surface area contributed by atoms with Gasteiger partial charge in [-0.05, 0) is 48.6 Å². The van der Waals surface area contributed by atoms with Crippen LogP contribution in [0.15, 0.2) is 48.7 Å². The second kappa shape index (κ2) is 8.55. The third kappa shape index (κ3) is 4.57. The van der Waals surface area contributed by atoms with Gasteiger partial charge in [-0.1, -0.05) is 35.3 Å². The molecular weight excluding hydrogens is 450 g/mol. The Bertz CT molecular complexity index is 1130. The molecule has 31 heavy (non-hydrogen) atoms. The Morgan fingerprint density at radius 3 is 2.55 bits per heavy atom. The molecule has 162 valence electrons. The van der Waals surface area contributed by atoms with Crippen molar-refractivity contribution >= 4 is 45.7 Å². The fraction of sp³-hybridized carbons (Fsp3) is 0.273. The van der Waals surface area contributed by atoms with Crippen molar-refractivity contribution in [2.24, 2.45) is 0 Å². The predicted molar refractivity (Wildman–Crippen MR) is 116 cm³/mol. The summed E-state index contributed by atoms with van der Waals surface area (Å²) in [6.07, 6.45) is -1.57. The average molecular weight is 468 g/mol. The molecule has 1 amide bonds. The van der Waals surface area contributed by atoms with Crippen molar-refractivity contribution in [1.82, 2.24) is 10.3 Å². The molecule has 2 heterocycles. The van der Waals surface area contributed by atoms with Crippen LogP contribution in [0.1, 0.15) is 28.8 Å². The molecule has 1 aliphatic heterocycles. The summed E-state index contributed by atoms with van der Waals surface area (Å²) in [6.45, 7) is 1.10. The topological polar surface area (TPSA) is 45.2 Å². The number of pyridine rings is 1. The Balaban J connectivity index is 1.48. The number of aromatic nitrogens is 1. The molecule has 0 aliphatic carbocycles. The van der Waals surface area contributed by atoms with Gasteiger partial charge in [0.1, 0.15) is 5.82 Å². The number of rotatable bonds is 3. The number of hydrogen-bond acceptors (Lipinski definition) is 3. The number of fused-ring (bicyclic) bond motifs is 1. The van der Waals surface area contributed by atoms with Crippen molar-refractivity contribution in [3.05, 3.63) is 69.8 Å². The van der Waals surface area contributed by atoms with Gasteiger partial charge in [0, 0.05) is 30.7 Å². The number of nitrogens with one attached hydrogen (secondary N) is 1. The van der Waals surface area contributed by atoms with Crippen molar-refractivity contribution in [3.8, 4) is 0 Å². The van der Waals surface area contributed by atoms with E-state index >= 15 is 0 Å². The van der Waals surface area contributed by atoms with Gasteiger partial charge in [-0.3, -0.25) is 4.79 Å². The highest BCUT2D eigenvalue weighted by molar-refractivity contribution is 6.43. The lowest BCUT2D eigenvalue weighted by atomic mass is 10.0. The van der Waals surface area contributed by atoms with Crippen LogP contribution in [0.2, 0.25) is 10.0 Å². The van der Waals surface area contributed by atoms with Crippen LogP contribution in [0.25, 0.3) is 10.8 Å². The second-order valence-electron chi connectivity index (χ2n) is 7.40. The van der Waals surface area contributed by atoms with Gasteiger partial charge in [0.15, 0.2) is 0 Å². The summed E-state index contributed by atoms with van der Waals surface area (Å²) in [5.74, 6) is 0.218. The number of alkyl halides is 3. The first-order valence-electron chi connectivity index (χ1n) is 9.70. The van der Waals surface area contributed by atoms with Gasteiger partial charge in [0.25, 0.3) is 5.91 Å². The van der Waals surface area contributed by atoms with Crippen LogP contribution in [0.5, 0.6) is 0 Å². The maximum absolute atomic E-state index is 13.2. The van der Waals surface area contributed by atoms with Crippen LogP contribution in [0.4, 0.5) is 19.0 Å². The summed E-state index contributed by atoms with van der Waals surface area (Å²) in [5.41, 5.74) is -0.387. The standard InChI is InChI=1S/C22H18Cl2F3N3O/c23-18-3-1-2-16(19(18)24)21(31)29-15-7-10-30(11-8-15)20-17-12-14(22(25,26)27)5-4-13(17)6-9-28-20/h1-6,9,12,15H,7-8,10-11H2,(H,29,31). The Kier molecular flexibility index (Phi) is 5.99. The minimum atomic E-state index is -4.42. The van der Waals surface area contributed by atoms with Crippen LogP contribution in [-0.4, -0.2) is 30.0 Å². The van der Waals surface area contributed by atoms with E-state index in [1.165, 1.54) is 6.07 Å². The van der Waals surface area contributed by atoms with Gasteiger partial charge >= 0.3 is 6.18 Å². The molecule has 4 nitrogen and oxygen atoms in total. The fourth-order valence-electron chi connectivity index (χ4n) is 3.76. The lowest BCUT2D eigenvalue weighted by molar-refractivity contribution is -0.137. The summed E-state index contributed by atoms with van der Waals surface area (Å²) in [5, 5.41) is 4.64. The van der Waals surface area contributed by atoms with Crippen molar-refractivity contribution < 1.29 is 18.0 Å². The van der Waals surface area contributed by atoms with E-state index in [4.69, 9.17) is 23.2 Å². The molecule has 1 aromatic heterocycles. The van der Waals surface area contributed by atoms with Crippen molar-refractivity contribution in [3.63, 3.8) is 0 Å². The first-order chi connectivity index (χ1) is 14.7. The molecule has 1 N–H and O–H groups in total. The Morgan fingerprint density at radius 1 is 1.10 bits per heavy atom. The van der Waals surface area contributed by atoms with E-state index in [0.29, 0.717) is 53.1 Å². The van der Waals surface area contributed by atoms with Gasteiger partial charge < -0.3 is 10.2 Å². The largest absolute Gasteiger partial charge is 0.416 e. The van der Waals surface area contributed by atoms with E-state index in [2.05, 4.69) is 10.3 Å². The monoisotopic (exact) mass is 467 g/mol. The zero-order valence-electron chi connectivity index (χ0n) is 16.2. The minimum absolute atomic E-state index is 0.0838. The highest BCUT2D eigenvalue weighted by atomic mass is 35.5. The number of amides is 1. The van der Waals surface area contributed by atoms with Crippen LogP contribution in [0, 0.1) is 0 Å². The number of hydrogen-bond donors (Lipinski definition) is 1. The maximum Gasteiger partial charge on any atom is 0.416 e. The number of halogens is 5. The minimum Gasteiger partial charge on any atom is -0.356 e. The van der Waals surface area contributed by atoms with Gasteiger partial charge in [-0.2, -0.15) is 13.2 Å². The molecule has 0 unspecified atom stereocenters. The predicted octanol–water partition coefficient (Wildman–Crippen LogP) is 5.96. The van der Waals surface area contributed by atoms with E-state index in [1.54, 1.807) is 30.5 Å². The van der Waals surface area contributed by atoms with Gasteiger partial charge in [0.05, 0.1) is 21.2 Å². The van der Waals surface area contributed by atoms with E-state index in [0.717, 1.165) is 12.1 Å². The van der Waals surface area contributed by atoms with Gasteiger partial charge in [0.2, 0.25) is 0 Å². The maximum atomic E-state index is 13.2. The van der Waals surface area contributed by atoms with E-state index < -0.39 is 11.7 Å². The van der Waals surface area contributed by atoms with Crippen LogP contribution < -0.4 is 10.2 Å². The number of carbonyl (C=O) groups excluding carboxylic acids is 1. The molecule has 4 rings (SSSR count). The third-order valence-electron chi connectivity index (χ3n) is 5.40. The number of carbonyl (C=O) groups is 1. The molecular formula is C22H18Cl2F3N3O. The van der Waals surface area contributed by atoms with Crippen molar-refractivity contribution in [2.75, 3.05) is 18.0 Å².